The van der Waals surface area contributed by atoms with Gasteiger partial charge in [0.15, 0.2) is 0 Å². The van der Waals surface area contributed by atoms with E-state index >= 15 is 0 Å². The Bertz CT molecular complexity index is 423. The molecule has 0 aliphatic heterocycles. The maximum absolute atomic E-state index is 12.8. The van der Waals surface area contributed by atoms with Gasteiger partial charge >= 0.3 is 12.0 Å². The number of carbonyl (C=O) groups excluding carboxylic acids is 1. The number of nitrogens with one attached hydrogen (secondary N) is 2. The summed E-state index contributed by atoms with van der Waals surface area (Å²) < 4.78 is 12.8. The van der Waals surface area contributed by atoms with Gasteiger partial charge in [0.05, 0.1) is 6.42 Å². The number of hydrogen-bond donors (Lipinski definition) is 3. The molecule has 0 aliphatic rings. The van der Waals surface area contributed by atoms with Gasteiger partial charge in [0.25, 0.3) is 0 Å². The van der Waals surface area contributed by atoms with Gasteiger partial charge in [-0.2, -0.15) is 0 Å². The fourth-order valence-corrected chi connectivity index (χ4v) is 1.27. The summed E-state index contributed by atoms with van der Waals surface area (Å²) >= 11 is 0. The van der Waals surface area contributed by atoms with E-state index < -0.39 is 23.9 Å². The number of carbonyl (C=O) groups is 2. The molecule has 0 radical (unpaired) electrons. The molecule has 17 heavy (non-hydrogen) atoms. The Hall–Kier alpha value is -2.11. The van der Waals surface area contributed by atoms with Crippen LogP contribution in [-0.2, 0) is 4.79 Å². The molecule has 0 fully saturated rings. The molecule has 1 aromatic carbocycles. The average molecular weight is 240 g/mol. The summed E-state index contributed by atoms with van der Waals surface area (Å²) in [6.45, 7) is 1.57. The van der Waals surface area contributed by atoms with Crippen LogP contribution in [0.5, 0.6) is 0 Å². The van der Waals surface area contributed by atoms with Gasteiger partial charge < -0.3 is 15.7 Å². The van der Waals surface area contributed by atoms with Gasteiger partial charge in [0.2, 0.25) is 0 Å². The Morgan fingerprint density at radius 2 is 2.18 bits per heavy atom. The first-order valence-electron chi connectivity index (χ1n) is 5.02. The number of hydrogen-bond acceptors (Lipinski definition) is 2. The average Bonchev–Trinajstić information content (AvgIpc) is 2.14. The molecule has 1 aromatic rings. The summed E-state index contributed by atoms with van der Waals surface area (Å²) in [5.74, 6) is -1.45. The van der Waals surface area contributed by atoms with Gasteiger partial charge in [-0.05, 0) is 25.1 Å². The molecule has 3 N–H and O–H groups in total. The topological polar surface area (TPSA) is 78.4 Å². The van der Waals surface area contributed by atoms with Crippen molar-refractivity contribution in [1.82, 2.24) is 5.32 Å². The van der Waals surface area contributed by atoms with Crippen molar-refractivity contribution in [3.05, 3.63) is 30.1 Å². The first kappa shape index (κ1) is 13.0. The lowest BCUT2D eigenvalue weighted by atomic mass is 10.2. The molecule has 0 heterocycles. The first-order chi connectivity index (χ1) is 7.97. The van der Waals surface area contributed by atoms with Crippen molar-refractivity contribution in [2.45, 2.75) is 19.4 Å². The van der Waals surface area contributed by atoms with Crippen molar-refractivity contribution < 1.29 is 19.1 Å². The van der Waals surface area contributed by atoms with Crippen LogP contribution in [0.3, 0.4) is 0 Å². The smallest absolute Gasteiger partial charge is 0.319 e. The molecular formula is C11H13FN2O3. The quantitative estimate of drug-likeness (QED) is 0.751. The van der Waals surface area contributed by atoms with Crippen LogP contribution in [0.1, 0.15) is 13.3 Å². The summed E-state index contributed by atoms with van der Waals surface area (Å²) in [5.41, 5.74) is 0.310. The van der Waals surface area contributed by atoms with Crippen LogP contribution >= 0.6 is 0 Å². The number of urea groups is 1. The van der Waals surface area contributed by atoms with E-state index in [1.807, 2.05) is 0 Å². The van der Waals surface area contributed by atoms with Gasteiger partial charge in [0.1, 0.15) is 5.82 Å². The Morgan fingerprint density at radius 3 is 2.76 bits per heavy atom. The minimum Gasteiger partial charge on any atom is -0.481 e. The third-order valence-corrected chi connectivity index (χ3v) is 1.94. The first-order valence-corrected chi connectivity index (χ1v) is 5.02. The number of carboxylic acids is 1. The van der Waals surface area contributed by atoms with Crippen LogP contribution < -0.4 is 10.6 Å². The highest BCUT2D eigenvalue weighted by Gasteiger charge is 2.10. The second-order valence-electron chi connectivity index (χ2n) is 3.61. The standard InChI is InChI=1S/C11H13FN2O3/c1-7(5-10(15)16)13-11(17)14-9-4-2-3-8(12)6-9/h2-4,6-7H,5H2,1H3,(H,15,16)(H2,13,14,17). The van der Waals surface area contributed by atoms with E-state index in [4.69, 9.17) is 5.11 Å². The highest BCUT2D eigenvalue weighted by Crippen LogP contribution is 2.08. The minimum absolute atomic E-state index is 0.170. The lowest BCUT2D eigenvalue weighted by Crippen LogP contribution is -2.37. The van der Waals surface area contributed by atoms with Crippen LogP contribution in [-0.4, -0.2) is 23.1 Å². The van der Waals surface area contributed by atoms with E-state index in [2.05, 4.69) is 10.6 Å². The van der Waals surface area contributed by atoms with Crippen molar-refractivity contribution >= 4 is 17.7 Å². The van der Waals surface area contributed by atoms with Gasteiger partial charge in [-0.15, -0.1) is 0 Å². The van der Waals surface area contributed by atoms with Crippen LogP contribution in [0.25, 0.3) is 0 Å². The summed E-state index contributed by atoms with van der Waals surface area (Å²) in [7, 11) is 0. The molecule has 0 aromatic heterocycles. The van der Waals surface area contributed by atoms with Crippen LogP contribution in [0.2, 0.25) is 0 Å². The summed E-state index contributed by atoms with van der Waals surface area (Å²) in [6.07, 6.45) is -0.170. The lowest BCUT2D eigenvalue weighted by Gasteiger charge is -2.12. The van der Waals surface area contributed by atoms with Gasteiger partial charge in [-0.3, -0.25) is 4.79 Å². The van der Waals surface area contributed by atoms with Crippen molar-refractivity contribution in [1.29, 1.82) is 0 Å². The highest BCUT2D eigenvalue weighted by molar-refractivity contribution is 5.89. The summed E-state index contributed by atoms with van der Waals surface area (Å²) in [6, 6.07) is 4.36. The monoisotopic (exact) mass is 240 g/mol. The lowest BCUT2D eigenvalue weighted by molar-refractivity contribution is -0.137. The van der Waals surface area contributed by atoms with Crippen LogP contribution in [0, 0.1) is 5.82 Å². The second-order valence-corrected chi connectivity index (χ2v) is 3.61. The molecule has 1 atom stereocenters. The van der Waals surface area contributed by atoms with Crippen molar-refractivity contribution in [3.8, 4) is 0 Å². The van der Waals surface area contributed by atoms with E-state index in [1.54, 1.807) is 6.92 Å². The predicted molar refractivity (Wildman–Crippen MR) is 60.3 cm³/mol. The van der Waals surface area contributed by atoms with Gasteiger partial charge in [-0.1, -0.05) is 6.07 Å². The second kappa shape index (κ2) is 5.83. The predicted octanol–water partition coefficient (Wildman–Crippen LogP) is 1.81. The SMILES string of the molecule is CC(CC(=O)O)NC(=O)Nc1cccc(F)c1. The number of carboxylic acid groups (broad SMARTS) is 1. The van der Waals surface area contributed by atoms with E-state index in [0.29, 0.717) is 5.69 Å². The zero-order valence-corrected chi connectivity index (χ0v) is 9.24. The molecule has 0 spiro atoms. The molecule has 2 amide bonds. The molecule has 0 saturated heterocycles. The normalized spacial score (nSPS) is 11.6. The molecule has 0 aliphatic carbocycles. The van der Waals surface area contributed by atoms with E-state index in [1.165, 1.54) is 24.3 Å². The minimum atomic E-state index is -0.997. The van der Waals surface area contributed by atoms with Gasteiger partial charge in [0, 0.05) is 11.7 Å². The van der Waals surface area contributed by atoms with Gasteiger partial charge in [-0.25, -0.2) is 9.18 Å². The zero-order valence-electron chi connectivity index (χ0n) is 9.24. The van der Waals surface area contributed by atoms with E-state index in [9.17, 15) is 14.0 Å². The molecule has 92 valence electrons. The molecule has 0 bridgehead atoms. The number of anilines is 1. The Balaban J connectivity index is 2.47. The molecule has 0 saturated carbocycles. The van der Waals surface area contributed by atoms with E-state index in [0.717, 1.165) is 0 Å². The van der Waals surface area contributed by atoms with E-state index in [-0.39, 0.29) is 6.42 Å². The largest absolute Gasteiger partial charge is 0.481 e. The fraction of sp³-hybridized carbons (Fsp3) is 0.273. The third kappa shape index (κ3) is 4.96. The number of aliphatic carboxylic acids is 1. The highest BCUT2D eigenvalue weighted by atomic mass is 19.1. The summed E-state index contributed by atoms with van der Waals surface area (Å²) in [4.78, 5) is 21.8. The summed E-state index contributed by atoms with van der Waals surface area (Å²) in [5, 5.41) is 13.3. The number of amides is 2. The maximum Gasteiger partial charge on any atom is 0.319 e. The number of rotatable bonds is 4. The Labute approximate surface area is 97.6 Å². The van der Waals surface area contributed by atoms with Crippen molar-refractivity contribution in [2.24, 2.45) is 0 Å². The molecular weight excluding hydrogens is 227 g/mol. The Morgan fingerprint density at radius 1 is 1.47 bits per heavy atom. The third-order valence-electron chi connectivity index (χ3n) is 1.94. The van der Waals surface area contributed by atoms with Crippen molar-refractivity contribution in [3.63, 3.8) is 0 Å². The van der Waals surface area contributed by atoms with Crippen molar-refractivity contribution in [2.75, 3.05) is 5.32 Å². The van der Waals surface area contributed by atoms with Crippen LogP contribution in [0.15, 0.2) is 24.3 Å². The van der Waals surface area contributed by atoms with Crippen LogP contribution in [0.4, 0.5) is 14.9 Å². The zero-order chi connectivity index (χ0) is 12.8. The molecule has 5 nitrogen and oxygen atoms in total. The number of benzene rings is 1. The molecule has 1 rings (SSSR count). The fourth-order valence-electron chi connectivity index (χ4n) is 1.27. The number of halogens is 1. The Kier molecular flexibility index (Phi) is 4.45. The molecule has 1 unspecified atom stereocenters. The maximum atomic E-state index is 12.8. The molecule has 6 heteroatoms.